The second-order valence-corrected chi connectivity index (χ2v) is 6.13. The van der Waals surface area contributed by atoms with Crippen molar-refractivity contribution in [2.75, 3.05) is 10.7 Å². The Labute approximate surface area is 159 Å². The summed E-state index contributed by atoms with van der Waals surface area (Å²) >= 11 is 6.13. The summed E-state index contributed by atoms with van der Waals surface area (Å²) in [6.45, 7) is 2.01. The van der Waals surface area contributed by atoms with Crippen LogP contribution in [0.3, 0.4) is 0 Å². The third-order valence-corrected chi connectivity index (χ3v) is 4.02. The molecular weight excluding hydrogens is 366 g/mol. The lowest BCUT2D eigenvalue weighted by Crippen LogP contribution is -2.03. The molecule has 2 N–H and O–H groups in total. The summed E-state index contributed by atoms with van der Waals surface area (Å²) < 4.78 is 4.70. The van der Waals surface area contributed by atoms with Crippen LogP contribution in [-0.2, 0) is 0 Å². The molecule has 0 aliphatic rings. The third-order valence-electron chi connectivity index (χ3n) is 3.67. The molecular formula is C18H14ClN7O. The van der Waals surface area contributed by atoms with E-state index < -0.39 is 0 Å². The zero-order chi connectivity index (χ0) is 18.6. The highest BCUT2D eigenvalue weighted by atomic mass is 35.5. The number of anilines is 3. The van der Waals surface area contributed by atoms with E-state index in [4.69, 9.17) is 16.2 Å². The molecule has 0 fully saturated rings. The molecule has 0 amide bonds. The molecule has 27 heavy (non-hydrogen) atoms. The smallest absolute Gasteiger partial charge is 0.245 e. The van der Waals surface area contributed by atoms with Crippen LogP contribution >= 0.6 is 11.6 Å². The summed E-state index contributed by atoms with van der Waals surface area (Å²) in [4.78, 5) is 8.76. The zero-order valence-corrected chi connectivity index (χ0v) is 15.0. The first-order chi connectivity index (χ1) is 13.2. The lowest BCUT2D eigenvalue weighted by molar-refractivity contribution is 0.314. The summed E-state index contributed by atoms with van der Waals surface area (Å²) in [7, 11) is 0. The van der Waals surface area contributed by atoms with Gasteiger partial charge in [-0.2, -0.15) is 10.1 Å². The molecule has 9 heteroatoms. The van der Waals surface area contributed by atoms with Crippen LogP contribution in [0.5, 0.6) is 0 Å². The van der Waals surface area contributed by atoms with Gasteiger partial charge < -0.3 is 5.32 Å². The van der Waals surface area contributed by atoms with Crippen molar-refractivity contribution in [1.82, 2.24) is 20.3 Å². The topological polar surface area (TPSA) is 101 Å². The van der Waals surface area contributed by atoms with Gasteiger partial charge >= 0.3 is 0 Å². The molecule has 0 spiro atoms. The minimum Gasteiger partial charge on any atom is -0.337 e. The molecule has 0 saturated heterocycles. The van der Waals surface area contributed by atoms with E-state index in [1.807, 2.05) is 49.4 Å². The minimum atomic E-state index is 0.278. The number of rotatable bonds is 5. The Balaban J connectivity index is 1.65. The summed E-state index contributed by atoms with van der Waals surface area (Å²) in [5.74, 6) is 0.822. The molecule has 0 unspecified atom stereocenters. The van der Waals surface area contributed by atoms with Crippen LogP contribution in [0, 0.1) is 6.92 Å². The molecule has 134 valence electrons. The van der Waals surface area contributed by atoms with Crippen molar-refractivity contribution in [3.8, 4) is 0 Å². The van der Waals surface area contributed by atoms with Crippen LogP contribution in [-0.4, -0.2) is 26.5 Å². The van der Waals surface area contributed by atoms with Crippen molar-refractivity contribution < 1.29 is 4.63 Å². The van der Waals surface area contributed by atoms with Crippen molar-refractivity contribution >= 4 is 46.4 Å². The Morgan fingerprint density at radius 3 is 2.56 bits per heavy atom. The highest BCUT2D eigenvalue weighted by Gasteiger charge is 2.12. The van der Waals surface area contributed by atoms with E-state index in [0.29, 0.717) is 22.3 Å². The maximum atomic E-state index is 6.13. The zero-order valence-electron chi connectivity index (χ0n) is 14.2. The number of hydrogen-bond donors (Lipinski definition) is 2. The van der Waals surface area contributed by atoms with Gasteiger partial charge in [0.15, 0.2) is 11.6 Å². The van der Waals surface area contributed by atoms with Crippen molar-refractivity contribution in [3.63, 3.8) is 0 Å². The molecule has 4 aromatic rings. The molecule has 0 aliphatic heterocycles. The predicted octanol–water partition coefficient (Wildman–Crippen LogP) is 4.16. The number of aryl methyl sites for hydroxylation is 1. The van der Waals surface area contributed by atoms with Gasteiger partial charge in [-0.25, -0.2) is 9.61 Å². The van der Waals surface area contributed by atoms with E-state index in [2.05, 4.69) is 36.1 Å². The SMILES string of the molecule is Cc1cccc(Nc2nc3nonc3nc2N/N=C/c2ccccc2Cl)c1. The van der Waals surface area contributed by atoms with Crippen LogP contribution in [0.25, 0.3) is 11.3 Å². The molecule has 0 atom stereocenters. The van der Waals surface area contributed by atoms with E-state index in [1.165, 1.54) is 0 Å². The largest absolute Gasteiger partial charge is 0.337 e. The van der Waals surface area contributed by atoms with Crippen molar-refractivity contribution in [3.05, 3.63) is 64.7 Å². The fraction of sp³-hybridized carbons (Fsp3) is 0.0556. The molecule has 0 bridgehead atoms. The minimum absolute atomic E-state index is 0.278. The quantitative estimate of drug-likeness (QED) is 0.396. The van der Waals surface area contributed by atoms with E-state index >= 15 is 0 Å². The number of hydrogen-bond acceptors (Lipinski definition) is 8. The molecule has 0 radical (unpaired) electrons. The standard InChI is InChI=1S/C18H14ClN7O/c1-11-5-4-7-13(9-11)21-15-16(23-18-17(22-15)25-27-26-18)24-20-10-12-6-2-3-8-14(12)19/h2-10H,1H3,(H,21,22,25)(H,23,24,26)/b20-10+. The Morgan fingerprint density at radius 2 is 1.78 bits per heavy atom. The fourth-order valence-electron chi connectivity index (χ4n) is 2.41. The number of benzene rings is 2. The first-order valence-corrected chi connectivity index (χ1v) is 8.44. The van der Waals surface area contributed by atoms with Crippen LogP contribution in [0.15, 0.2) is 58.3 Å². The molecule has 0 aliphatic carbocycles. The monoisotopic (exact) mass is 379 g/mol. The average Bonchev–Trinajstić information content (AvgIpc) is 3.10. The van der Waals surface area contributed by atoms with Gasteiger partial charge in [0.2, 0.25) is 11.3 Å². The first kappa shape index (κ1) is 16.9. The molecule has 0 saturated carbocycles. The van der Waals surface area contributed by atoms with Gasteiger partial charge in [0.25, 0.3) is 0 Å². The molecule has 2 aromatic carbocycles. The van der Waals surface area contributed by atoms with E-state index in [9.17, 15) is 0 Å². The number of nitrogens with one attached hydrogen (secondary N) is 2. The number of aromatic nitrogens is 4. The third kappa shape index (κ3) is 3.85. The summed E-state index contributed by atoms with van der Waals surface area (Å²) in [6, 6.07) is 15.3. The number of nitrogens with zero attached hydrogens (tertiary/aromatic N) is 5. The van der Waals surface area contributed by atoms with Crippen LogP contribution in [0.1, 0.15) is 11.1 Å². The van der Waals surface area contributed by atoms with Crippen molar-refractivity contribution in [2.45, 2.75) is 6.92 Å². The number of hydrazone groups is 1. The molecule has 4 rings (SSSR count). The van der Waals surface area contributed by atoms with E-state index in [0.717, 1.165) is 16.8 Å². The fourth-order valence-corrected chi connectivity index (χ4v) is 2.59. The second-order valence-electron chi connectivity index (χ2n) is 5.72. The molecule has 8 nitrogen and oxygen atoms in total. The Bertz CT molecular complexity index is 1130. The predicted molar refractivity (Wildman–Crippen MR) is 105 cm³/mol. The van der Waals surface area contributed by atoms with Gasteiger partial charge in [-0.15, -0.1) is 0 Å². The first-order valence-electron chi connectivity index (χ1n) is 8.06. The maximum Gasteiger partial charge on any atom is 0.245 e. The lowest BCUT2D eigenvalue weighted by Gasteiger charge is -2.09. The second kappa shape index (κ2) is 7.38. The Hall–Kier alpha value is -3.52. The number of fused-ring (bicyclic) bond motifs is 1. The van der Waals surface area contributed by atoms with Gasteiger partial charge in [0.05, 0.1) is 6.21 Å². The van der Waals surface area contributed by atoms with E-state index in [-0.39, 0.29) is 5.65 Å². The number of halogens is 1. The normalized spacial score (nSPS) is 11.2. The summed E-state index contributed by atoms with van der Waals surface area (Å²) in [5.41, 5.74) is 6.19. The Kier molecular flexibility index (Phi) is 4.63. The van der Waals surface area contributed by atoms with Gasteiger partial charge in [0, 0.05) is 16.3 Å². The van der Waals surface area contributed by atoms with Crippen molar-refractivity contribution in [2.24, 2.45) is 5.10 Å². The lowest BCUT2D eigenvalue weighted by atomic mass is 10.2. The molecule has 2 heterocycles. The summed E-state index contributed by atoms with van der Waals surface area (Å²) in [5, 5.41) is 15.5. The summed E-state index contributed by atoms with van der Waals surface area (Å²) in [6.07, 6.45) is 1.60. The average molecular weight is 380 g/mol. The van der Waals surface area contributed by atoms with Gasteiger partial charge in [-0.1, -0.05) is 41.9 Å². The van der Waals surface area contributed by atoms with Gasteiger partial charge in [-0.3, -0.25) is 5.43 Å². The van der Waals surface area contributed by atoms with Crippen LogP contribution < -0.4 is 10.7 Å². The molecule has 2 aromatic heterocycles. The van der Waals surface area contributed by atoms with Crippen molar-refractivity contribution in [1.29, 1.82) is 0 Å². The van der Waals surface area contributed by atoms with Gasteiger partial charge in [-0.05, 0) is 41.0 Å². The Morgan fingerprint density at radius 1 is 1.00 bits per heavy atom. The highest BCUT2D eigenvalue weighted by Crippen LogP contribution is 2.24. The van der Waals surface area contributed by atoms with E-state index in [1.54, 1.807) is 12.3 Å². The van der Waals surface area contributed by atoms with Crippen LogP contribution in [0.4, 0.5) is 17.3 Å². The van der Waals surface area contributed by atoms with Gasteiger partial charge in [0.1, 0.15) is 0 Å². The van der Waals surface area contributed by atoms with Crippen LogP contribution in [0.2, 0.25) is 5.02 Å². The highest BCUT2D eigenvalue weighted by molar-refractivity contribution is 6.33. The maximum absolute atomic E-state index is 6.13.